The first kappa shape index (κ1) is 21.1. The number of anilines is 1. The van der Waals surface area contributed by atoms with Gasteiger partial charge in [0.25, 0.3) is 5.91 Å². The summed E-state index contributed by atoms with van der Waals surface area (Å²) in [5.41, 5.74) is 7.99. The average molecular weight is 407 g/mol. The lowest BCUT2D eigenvalue weighted by Gasteiger charge is -2.20. The predicted octanol–water partition coefficient (Wildman–Crippen LogP) is 3.03. The van der Waals surface area contributed by atoms with E-state index in [1.54, 1.807) is 43.0 Å². The lowest BCUT2D eigenvalue weighted by Crippen LogP contribution is -2.27. The number of rotatable bonds is 7. The van der Waals surface area contributed by atoms with Gasteiger partial charge in [-0.3, -0.25) is 15.0 Å². The van der Waals surface area contributed by atoms with Crippen molar-refractivity contribution in [3.8, 4) is 0 Å². The molecule has 0 bridgehead atoms. The molecule has 2 aromatic carbocycles. The second kappa shape index (κ2) is 8.02. The van der Waals surface area contributed by atoms with E-state index in [1.807, 2.05) is 24.3 Å². The quantitative estimate of drug-likeness (QED) is 0.482. The highest BCUT2D eigenvalue weighted by Gasteiger charge is 2.33. The van der Waals surface area contributed by atoms with E-state index in [9.17, 15) is 14.7 Å². The van der Waals surface area contributed by atoms with E-state index < -0.39 is 11.4 Å². The van der Waals surface area contributed by atoms with E-state index in [0.717, 1.165) is 5.56 Å². The van der Waals surface area contributed by atoms with Crippen LogP contribution in [0.25, 0.3) is 5.57 Å². The Morgan fingerprint density at radius 2 is 1.77 bits per heavy atom. The molecular weight excluding hydrogens is 382 g/mol. The first-order valence-electron chi connectivity index (χ1n) is 9.50. The van der Waals surface area contributed by atoms with Gasteiger partial charge < -0.3 is 20.5 Å². The van der Waals surface area contributed by atoms with Crippen molar-refractivity contribution in [1.29, 1.82) is 5.41 Å². The molecule has 0 saturated heterocycles. The molecule has 1 aliphatic heterocycles. The molecular formula is C23H25N3O4. The van der Waals surface area contributed by atoms with E-state index in [4.69, 9.17) is 15.9 Å². The molecule has 0 aromatic heterocycles. The Balaban J connectivity index is 1.83. The maximum Gasteiger partial charge on any atom is 0.309 e. The molecule has 0 aliphatic carbocycles. The minimum absolute atomic E-state index is 0.0342. The van der Waals surface area contributed by atoms with E-state index in [2.05, 4.69) is 0 Å². The third-order valence-electron chi connectivity index (χ3n) is 5.24. The van der Waals surface area contributed by atoms with Crippen LogP contribution in [0.5, 0.6) is 0 Å². The van der Waals surface area contributed by atoms with Gasteiger partial charge in [0.1, 0.15) is 11.6 Å². The minimum Gasteiger partial charge on any atom is -0.498 e. The largest absolute Gasteiger partial charge is 0.498 e. The zero-order chi connectivity index (χ0) is 22.1. The zero-order valence-corrected chi connectivity index (χ0v) is 17.2. The summed E-state index contributed by atoms with van der Waals surface area (Å²) in [5.74, 6) is -0.503. The van der Waals surface area contributed by atoms with Gasteiger partial charge in [-0.15, -0.1) is 0 Å². The van der Waals surface area contributed by atoms with Crippen LogP contribution in [0.3, 0.4) is 0 Å². The lowest BCUT2D eigenvalue weighted by molar-refractivity contribution is -0.146. The molecule has 7 nitrogen and oxygen atoms in total. The fraction of sp³-hybridized carbons (Fsp3) is 0.261. The summed E-state index contributed by atoms with van der Waals surface area (Å²) in [5, 5.41) is 16.8. The number of carboxylic acid groups (broad SMARTS) is 1. The zero-order valence-electron chi connectivity index (χ0n) is 17.2. The number of hydrogen-bond acceptors (Lipinski definition) is 4. The first-order chi connectivity index (χ1) is 14.1. The van der Waals surface area contributed by atoms with Crippen LogP contribution >= 0.6 is 0 Å². The average Bonchev–Trinajstić information content (AvgIpc) is 3.04. The number of methoxy groups -OCH3 is 1. The molecule has 30 heavy (non-hydrogen) atoms. The number of nitrogen functional groups attached to an aromatic ring is 1. The van der Waals surface area contributed by atoms with Crippen LogP contribution < -0.4 is 10.6 Å². The highest BCUT2D eigenvalue weighted by atomic mass is 16.5. The van der Waals surface area contributed by atoms with Crippen molar-refractivity contribution in [1.82, 2.24) is 0 Å². The summed E-state index contributed by atoms with van der Waals surface area (Å²) in [6, 6.07) is 14.2. The molecule has 0 radical (unpaired) electrons. The number of ether oxygens (including phenoxy) is 1. The SMILES string of the molecule is COC1=C(c2ccc(C(=N)N)cc2)C(=O)N(c2ccc(CC(C)(C)C(=O)O)cc2)C1. The van der Waals surface area contributed by atoms with E-state index >= 15 is 0 Å². The molecule has 1 amide bonds. The second-order valence-electron chi connectivity index (χ2n) is 7.92. The van der Waals surface area contributed by atoms with Crippen molar-refractivity contribution in [3.63, 3.8) is 0 Å². The highest BCUT2D eigenvalue weighted by molar-refractivity contribution is 6.29. The number of nitrogens with one attached hydrogen (secondary N) is 1. The van der Waals surface area contributed by atoms with Crippen molar-refractivity contribution in [2.75, 3.05) is 18.6 Å². The summed E-state index contributed by atoms with van der Waals surface area (Å²) in [6.45, 7) is 3.68. The molecule has 3 rings (SSSR count). The van der Waals surface area contributed by atoms with Crippen molar-refractivity contribution in [3.05, 3.63) is 71.0 Å². The minimum atomic E-state index is -0.866. The third kappa shape index (κ3) is 4.05. The van der Waals surface area contributed by atoms with Crippen molar-refractivity contribution >= 4 is 29.0 Å². The number of hydrogen-bond donors (Lipinski definition) is 3. The van der Waals surface area contributed by atoms with Gasteiger partial charge in [0.15, 0.2) is 0 Å². The summed E-state index contributed by atoms with van der Waals surface area (Å²) in [6.07, 6.45) is 0.395. The molecule has 0 unspecified atom stereocenters. The number of nitrogens with zero attached hydrogens (tertiary/aromatic N) is 1. The number of benzene rings is 2. The van der Waals surface area contributed by atoms with Gasteiger partial charge in [0.05, 0.1) is 24.6 Å². The number of aliphatic carboxylic acids is 1. The van der Waals surface area contributed by atoms with E-state index in [0.29, 0.717) is 41.1 Å². The second-order valence-corrected chi connectivity index (χ2v) is 7.92. The topological polar surface area (TPSA) is 117 Å². The molecule has 1 aliphatic rings. The van der Waals surface area contributed by atoms with Crippen LogP contribution in [0.15, 0.2) is 54.3 Å². The van der Waals surface area contributed by atoms with Crippen LogP contribution in [0.2, 0.25) is 0 Å². The van der Waals surface area contributed by atoms with Gasteiger partial charge in [0, 0.05) is 11.3 Å². The number of amides is 1. The number of carboxylic acids is 1. The summed E-state index contributed by atoms with van der Waals surface area (Å²) < 4.78 is 5.48. The Morgan fingerprint density at radius 1 is 1.17 bits per heavy atom. The fourth-order valence-corrected chi connectivity index (χ4v) is 3.40. The highest BCUT2D eigenvalue weighted by Crippen LogP contribution is 2.33. The van der Waals surface area contributed by atoms with Crippen molar-refractivity contribution in [2.45, 2.75) is 20.3 Å². The Bertz CT molecular complexity index is 1020. The monoisotopic (exact) mass is 407 g/mol. The smallest absolute Gasteiger partial charge is 0.309 e. The lowest BCUT2D eigenvalue weighted by atomic mass is 9.86. The summed E-state index contributed by atoms with van der Waals surface area (Å²) in [7, 11) is 1.53. The molecule has 1 heterocycles. The van der Waals surface area contributed by atoms with E-state index in [1.165, 1.54) is 7.11 Å². The molecule has 0 saturated carbocycles. The molecule has 7 heteroatoms. The molecule has 156 valence electrons. The Kier molecular flexibility index (Phi) is 5.64. The van der Waals surface area contributed by atoms with Gasteiger partial charge in [-0.25, -0.2) is 0 Å². The van der Waals surface area contributed by atoms with Crippen LogP contribution in [-0.4, -0.2) is 36.5 Å². The molecule has 4 N–H and O–H groups in total. The Labute approximate surface area is 175 Å². The van der Waals surface area contributed by atoms with Crippen LogP contribution in [0.1, 0.15) is 30.5 Å². The molecule has 0 spiro atoms. The maximum absolute atomic E-state index is 13.1. The maximum atomic E-state index is 13.1. The Hall–Kier alpha value is -3.61. The number of carbonyl (C=O) groups is 2. The fourth-order valence-electron chi connectivity index (χ4n) is 3.40. The standard InChI is InChI=1S/C23H25N3O4/c1-23(2,22(28)29)12-14-4-10-17(11-5-14)26-13-18(30-3)19(21(26)27)15-6-8-16(9-7-15)20(24)25/h4-11H,12-13H2,1-3H3,(H3,24,25)(H,28,29). The van der Waals surface area contributed by atoms with Crippen LogP contribution in [0, 0.1) is 10.8 Å². The summed E-state index contributed by atoms with van der Waals surface area (Å²) in [4.78, 5) is 26.1. The normalized spacial score (nSPS) is 14.2. The molecule has 2 aromatic rings. The van der Waals surface area contributed by atoms with Gasteiger partial charge in [-0.05, 0) is 43.5 Å². The van der Waals surface area contributed by atoms with Crippen LogP contribution in [0.4, 0.5) is 5.69 Å². The number of nitrogens with two attached hydrogens (primary N) is 1. The van der Waals surface area contributed by atoms with Gasteiger partial charge in [-0.2, -0.15) is 0 Å². The number of carbonyl (C=O) groups excluding carboxylic acids is 1. The Morgan fingerprint density at radius 3 is 2.27 bits per heavy atom. The summed E-state index contributed by atoms with van der Waals surface area (Å²) >= 11 is 0. The van der Waals surface area contributed by atoms with Gasteiger partial charge in [-0.1, -0.05) is 36.4 Å². The van der Waals surface area contributed by atoms with Gasteiger partial charge >= 0.3 is 5.97 Å². The molecule has 0 fully saturated rings. The van der Waals surface area contributed by atoms with Crippen molar-refractivity contribution < 1.29 is 19.4 Å². The molecule has 0 atom stereocenters. The first-order valence-corrected chi connectivity index (χ1v) is 9.50. The van der Waals surface area contributed by atoms with E-state index in [-0.39, 0.29) is 11.7 Å². The van der Waals surface area contributed by atoms with Crippen LogP contribution in [-0.2, 0) is 20.7 Å². The van der Waals surface area contributed by atoms with Crippen molar-refractivity contribution in [2.24, 2.45) is 11.1 Å². The third-order valence-corrected chi connectivity index (χ3v) is 5.24. The van der Waals surface area contributed by atoms with Gasteiger partial charge in [0.2, 0.25) is 0 Å². The number of amidine groups is 1. The predicted molar refractivity (Wildman–Crippen MR) is 115 cm³/mol.